The molecule has 12 nitrogen and oxygen atoms in total. The number of amides is 2. The van der Waals surface area contributed by atoms with Gasteiger partial charge in [0.05, 0.1) is 23.4 Å². The lowest BCUT2D eigenvalue weighted by molar-refractivity contribution is -0.138. The lowest BCUT2D eigenvalue weighted by Gasteiger charge is -2.22. The molecule has 18 heteroatoms. The van der Waals surface area contributed by atoms with Crippen LogP contribution in [0.3, 0.4) is 0 Å². The van der Waals surface area contributed by atoms with Crippen LogP contribution in [0.2, 0.25) is 0 Å². The van der Waals surface area contributed by atoms with E-state index in [1.54, 1.807) is 48.8 Å². The first kappa shape index (κ1) is 37.4. The lowest BCUT2D eigenvalue weighted by atomic mass is 10.0. The summed E-state index contributed by atoms with van der Waals surface area (Å²) in [5, 5.41) is 5.67. The van der Waals surface area contributed by atoms with Gasteiger partial charge in [-0.1, -0.05) is 30.3 Å². The summed E-state index contributed by atoms with van der Waals surface area (Å²) in [4.78, 5) is 40.5. The third-order valence-corrected chi connectivity index (χ3v) is 8.13. The van der Waals surface area contributed by atoms with Gasteiger partial charge in [0.2, 0.25) is 5.91 Å². The number of nitrogens with two attached hydrogens (primary N) is 2. The van der Waals surface area contributed by atoms with Crippen molar-refractivity contribution < 1.29 is 40.7 Å². The number of nitrogens with one attached hydrogen (secondary N) is 2. The van der Waals surface area contributed by atoms with E-state index in [1.807, 2.05) is 4.40 Å². The molecular formula is C36H29F6N9O3. The summed E-state index contributed by atoms with van der Waals surface area (Å²) < 4.78 is 84.3. The molecule has 2 aromatic carbocycles. The number of ether oxygens (including phenoxy) is 1. The number of morpholine rings is 1. The molecule has 6 aromatic rings. The average Bonchev–Trinajstić information content (AvgIpc) is 3.56. The Balaban J connectivity index is 0.000000221. The van der Waals surface area contributed by atoms with Crippen molar-refractivity contribution in [3.8, 4) is 22.5 Å². The number of rotatable bonds is 6. The fourth-order valence-corrected chi connectivity index (χ4v) is 5.57. The Morgan fingerprint density at radius 3 is 2.22 bits per heavy atom. The van der Waals surface area contributed by atoms with Crippen LogP contribution < -0.4 is 22.1 Å². The van der Waals surface area contributed by atoms with Crippen molar-refractivity contribution in [1.29, 1.82) is 0 Å². The predicted molar refractivity (Wildman–Crippen MR) is 185 cm³/mol. The Morgan fingerprint density at radius 2 is 1.56 bits per heavy atom. The number of carbonyl (C=O) groups is 2. The molecular weight excluding hydrogens is 720 g/mol. The maximum atomic E-state index is 12.9. The maximum absolute atomic E-state index is 12.9. The Morgan fingerprint density at radius 1 is 0.870 bits per heavy atom. The average molecular weight is 750 g/mol. The van der Waals surface area contributed by atoms with Gasteiger partial charge in [-0.05, 0) is 42.5 Å². The van der Waals surface area contributed by atoms with Crippen LogP contribution >= 0.6 is 0 Å². The Hall–Kier alpha value is -6.40. The van der Waals surface area contributed by atoms with E-state index in [-0.39, 0.29) is 34.3 Å². The molecule has 2 amide bonds. The number of pyridine rings is 2. The molecule has 7 rings (SSSR count). The summed E-state index contributed by atoms with van der Waals surface area (Å²) in [6, 6.07) is 16.0. The van der Waals surface area contributed by atoms with E-state index in [1.165, 1.54) is 12.1 Å². The second-order valence-corrected chi connectivity index (χ2v) is 11.7. The molecule has 0 aliphatic carbocycles. The van der Waals surface area contributed by atoms with Crippen LogP contribution in [0.1, 0.15) is 43.8 Å². The Labute approximate surface area is 302 Å². The molecule has 0 bridgehead atoms. The van der Waals surface area contributed by atoms with Crippen LogP contribution in [0.25, 0.3) is 28.0 Å². The number of primary amides is 1. The van der Waals surface area contributed by atoms with E-state index in [9.17, 15) is 35.9 Å². The Bertz CT molecular complexity index is 2310. The minimum atomic E-state index is -4.54. The zero-order valence-corrected chi connectivity index (χ0v) is 27.8. The highest BCUT2D eigenvalue weighted by Crippen LogP contribution is 2.34. The number of imidazole rings is 1. The first-order chi connectivity index (χ1) is 25.7. The zero-order valence-electron chi connectivity index (χ0n) is 27.8. The predicted octanol–water partition coefficient (Wildman–Crippen LogP) is 6.17. The summed E-state index contributed by atoms with van der Waals surface area (Å²) in [6.45, 7) is 1.92. The maximum Gasteiger partial charge on any atom is 0.416 e. The van der Waals surface area contributed by atoms with E-state index in [2.05, 4.69) is 25.6 Å². The van der Waals surface area contributed by atoms with E-state index < -0.39 is 35.3 Å². The van der Waals surface area contributed by atoms with Gasteiger partial charge in [0.15, 0.2) is 0 Å². The van der Waals surface area contributed by atoms with Crippen LogP contribution in [-0.4, -0.2) is 55.8 Å². The van der Waals surface area contributed by atoms with Crippen molar-refractivity contribution in [3.63, 3.8) is 0 Å². The number of anilines is 2. The van der Waals surface area contributed by atoms with Crippen LogP contribution in [0.5, 0.6) is 0 Å². The molecule has 1 saturated heterocycles. The van der Waals surface area contributed by atoms with E-state index in [0.717, 1.165) is 43.2 Å². The fraction of sp³-hybridized carbons (Fsp3) is 0.167. The molecule has 4 aromatic heterocycles. The molecule has 0 unspecified atom stereocenters. The van der Waals surface area contributed by atoms with E-state index in [4.69, 9.17) is 21.2 Å². The second kappa shape index (κ2) is 15.3. The number of halogens is 6. The molecule has 1 aliphatic rings. The first-order valence-corrected chi connectivity index (χ1v) is 16.0. The van der Waals surface area contributed by atoms with Gasteiger partial charge in [-0.2, -0.15) is 26.3 Å². The molecule has 1 atom stereocenters. The van der Waals surface area contributed by atoms with Gasteiger partial charge >= 0.3 is 12.4 Å². The van der Waals surface area contributed by atoms with Crippen LogP contribution in [-0.2, 0) is 17.1 Å². The molecule has 1 fully saturated rings. The van der Waals surface area contributed by atoms with Crippen LogP contribution in [0, 0.1) is 0 Å². The fourth-order valence-electron chi connectivity index (χ4n) is 5.57. The molecule has 1 aliphatic heterocycles. The largest absolute Gasteiger partial charge is 0.416 e. The highest BCUT2D eigenvalue weighted by molar-refractivity contribution is 6.04. The number of hydrogen-bond acceptors (Lipinski definition) is 9. The number of nitrogens with zero attached hydrogens (tertiary/aromatic N) is 5. The third-order valence-electron chi connectivity index (χ3n) is 8.13. The van der Waals surface area contributed by atoms with Crippen molar-refractivity contribution in [2.75, 3.05) is 30.7 Å². The quantitative estimate of drug-likeness (QED) is 0.145. The van der Waals surface area contributed by atoms with E-state index >= 15 is 0 Å². The zero-order chi connectivity index (χ0) is 38.6. The first-order valence-electron chi connectivity index (χ1n) is 16.0. The highest BCUT2D eigenvalue weighted by atomic mass is 19.4. The SMILES string of the molecule is NC(=O)c1ccccc1-c1cc(C(F)(F)F)ccn1.Nc1nccn2c([C@H]3CNCCO3)nc(-c3ccc(C(=O)Nc4cc(C(F)(F)F)ccn4)cc3)c12. The molecule has 0 radical (unpaired) electrons. The number of carbonyl (C=O) groups excluding carboxylic acids is 2. The Kier molecular flexibility index (Phi) is 10.6. The monoisotopic (exact) mass is 749 g/mol. The second-order valence-electron chi connectivity index (χ2n) is 11.7. The van der Waals surface area contributed by atoms with Gasteiger partial charge in [0.1, 0.15) is 34.8 Å². The third kappa shape index (κ3) is 8.29. The van der Waals surface area contributed by atoms with Gasteiger partial charge < -0.3 is 26.8 Å². The summed E-state index contributed by atoms with van der Waals surface area (Å²) >= 11 is 0. The molecule has 0 spiro atoms. The standard InChI is InChI=1S/C23H20F3N7O2.C13H9F3N2O/c24-23(25,26)15-5-6-29-17(11-15)31-22(34)14-3-1-13(2-4-14)18-19-20(27)30-7-9-33(19)21(32-18)16-12-28-8-10-35-16;14-13(15,16)8-5-6-18-11(7-8)9-3-1-2-4-10(9)12(17)19/h1-7,9,11,16,28H,8,10,12H2,(H2,27,30)(H,29,31,34);1-7H,(H2,17,19)/t16-;/m1./s1. The van der Waals surface area contributed by atoms with Gasteiger partial charge in [0.25, 0.3) is 5.91 Å². The van der Waals surface area contributed by atoms with Gasteiger partial charge in [-0.25, -0.2) is 15.0 Å². The van der Waals surface area contributed by atoms with Crippen molar-refractivity contribution >= 4 is 29.0 Å². The van der Waals surface area contributed by atoms with E-state index in [0.29, 0.717) is 41.6 Å². The number of fused-ring (bicyclic) bond motifs is 1. The van der Waals surface area contributed by atoms with Crippen molar-refractivity contribution in [1.82, 2.24) is 29.7 Å². The number of hydrogen-bond donors (Lipinski definition) is 4. The van der Waals surface area contributed by atoms with Gasteiger partial charge in [-0.15, -0.1) is 0 Å². The van der Waals surface area contributed by atoms with Crippen molar-refractivity contribution in [3.05, 3.63) is 126 Å². The smallest absolute Gasteiger partial charge is 0.382 e. The summed E-state index contributed by atoms with van der Waals surface area (Å²) in [5.74, 6) is -0.536. The summed E-state index contributed by atoms with van der Waals surface area (Å²) in [6.07, 6.45) is -3.87. The topological polar surface area (TPSA) is 175 Å². The molecule has 6 N–H and O–H groups in total. The minimum absolute atomic E-state index is 0.0595. The summed E-state index contributed by atoms with van der Waals surface area (Å²) in [7, 11) is 0. The molecule has 278 valence electrons. The lowest BCUT2D eigenvalue weighted by Crippen LogP contribution is -2.34. The van der Waals surface area contributed by atoms with Crippen molar-refractivity contribution in [2.24, 2.45) is 5.73 Å². The summed E-state index contributed by atoms with van der Waals surface area (Å²) in [5.41, 5.74) is 12.2. The molecule has 0 saturated carbocycles. The number of nitrogen functional groups attached to an aromatic ring is 1. The van der Waals surface area contributed by atoms with Crippen LogP contribution in [0.4, 0.5) is 38.0 Å². The number of alkyl halides is 6. The molecule has 54 heavy (non-hydrogen) atoms. The number of benzene rings is 2. The highest BCUT2D eigenvalue weighted by Gasteiger charge is 2.32. The normalized spacial score (nSPS) is 14.6. The molecule has 5 heterocycles. The van der Waals surface area contributed by atoms with Gasteiger partial charge in [-0.3, -0.25) is 19.0 Å². The number of aromatic nitrogens is 5. The van der Waals surface area contributed by atoms with Crippen molar-refractivity contribution in [2.45, 2.75) is 18.5 Å². The van der Waals surface area contributed by atoms with Gasteiger partial charge in [0, 0.05) is 60.1 Å². The van der Waals surface area contributed by atoms with Crippen LogP contribution in [0.15, 0.2) is 97.6 Å². The minimum Gasteiger partial charge on any atom is -0.382 e.